The number of para-hydroxylation sites is 1. The highest BCUT2D eigenvalue weighted by atomic mass is 16.6. The molecule has 0 fully saturated rings. The van der Waals surface area contributed by atoms with Crippen LogP contribution in [0, 0.1) is 0 Å². The number of carbonyl (C=O) groups is 2. The molecule has 1 amide bonds. The molecule has 2 rings (SSSR count). The van der Waals surface area contributed by atoms with E-state index in [1.54, 1.807) is 39.8 Å². The van der Waals surface area contributed by atoms with Gasteiger partial charge in [-0.1, -0.05) is 23.8 Å². The Labute approximate surface area is 125 Å². The van der Waals surface area contributed by atoms with Crippen molar-refractivity contribution in [2.45, 2.75) is 45.1 Å². The number of carbonyl (C=O) groups excluding carboxylic acids is 2. The van der Waals surface area contributed by atoms with Crippen LogP contribution >= 0.6 is 0 Å². The summed E-state index contributed by atoms with van der Waals surface area (Å²) in [7, 11) is 0. The molecule has 0 saturated carbocycles. The van der Waals surface area contributed by atoms with Gasteiger partial charge in [0.15, 0.2) is 5.41 Å². The highest BCUT2D eigenvalue weighted by Gasteiger charge is 2.54. The molecule has 0 aliphatic carbocycles. The van der Waals surface area contributed by atoms with Crippen molar-refractivity contribution < 1.29 is 14.3 Å². The molecule has 0 aromatic heterocycles. The zero-order valence-corrected chi connectivity index (χ0v) is 12.9. The number of rotatable bonds is 3. The number of ether oxygens (including phenoxy) is 1. The van der Waals surface area contributed by atoms with E-state index in [9.17, 15) is 9.59 Å². The largest absolute Gasteiger partial charge is 0.459 e. The molecule has 1 N–H and O–H groups in total. The van der Waals surface area contributed by atoms with Crippen LogP contribution in [0.2, 0.25) is 0 Å². The first-order chi connectivity index (χ1) is 9.67. The average molecular weight is 287 g/mol. The molecule has 21 heavy (non-hydrogen) atoms. The highest BCUT2D eigenvalue weighted by molar-refractivity contribution is 6.19. The number of hydrogen-bond acceptors (Lipinski definition) is 3. The Kier molecular flexibility index (Phi) is 3.66. The van der Waals surface area contributed by atoms with Crippen molar-refractivity contribution in [1.82, 2.24) is 0 Å². The summed E-state index contributed by atoms with van der Waals surface area (Å²) >= 11 is 0. The molecule has 1 aliphatic heterocycles. The van der Waals surface area contributed by atoms with Gasteiger partial charge in [-0.3, -0.25) is 9.59 Å². The molecular formula is C17H21NO3. The van der Waals surface area contributed by atoms with Gasteiger partial charge in [0.2, 0.25) is 5.91 Å². The maximum Gasteiger partial charge on any atom is 0.327 e. The minimum Gasteiger partial charge on any atom is -0.459 e. The molecule has 0 radical (unpaired) electrons. The van der Waals surface area contributed by atoms with Crippen LogP contribution in [0.3, 0.4) is 0 Å². The maximum atomic E-state index is 12.8. The molecule has 0 unspecified atom stereocenters. The van der Waals surface area contributed by atoms with Crippen molar-refractivity contribution in [1.29, 1.82) is 0 Å². The van der Waals surface area contributed by atoms with Crippen molar-refractivity contribution in [3.63, 3.8) is 0 Å². The van der Waals surface area contributed by atoms with E-state index in [0.29, 0.717) is 11.3 Å². The van der Waals surface area contributed by atoms with Crippen molar-refractivity contribution >= 4 is 17.6 Å². The van der Waals surface area contributed by atoms with Gasteiger partial charge in [-0.05, 0) is 40.2 Å². The molecule has 1 atom stereocenters. The molecule has 0 bridgehead atoms. The van der Waals surface area contributed by atoms with Gasteiger partial charge in [0.05, 0.1) is 0 Å². The lowest BCUT2D eigenvalue weighted by Crippen LogP contribution is -2.46. The van der Waals surface area contributed by atoms with Crippen LogP contribution in [0.5, 0.6) is 0 Å². The third-order valence-electron chi connectivity index (χ3n) is 3.34. The Bertz CT molecular complexity index is 613. The van der Waals surface area contributed by atoms with Gasteiger partial charge >= 0.3 is 5.97 Å². The number of hydrogen-bond donors (Lipinski definition) is 1. The third kappa shape index (κ3) is 2.71. The Morgan fingerprint density at radius 3 is 2.52 bits per heavy atom. The monoisotopic (exact) mass is 287 g/mol. The number of anilines is 1. The van der Waals surface area contributed by atoms with Gasteiger partial charge in [0.1, 0.15) is 5.60 Å². The molecule has 112 valence electrons. The lowest BCUT2D eigenvalue weighted by Gasteiger charge is -2.30. The van der Waals surface area contributed by atoms with E-state index in [2.05, 4.69) is 11.9 Å². The van der Waals surface area contributed by atoms with Crippen molar-refractivity contribution in [3.8, 4) is 0 Å². The minimum absolute atomic E-state index is 0.241. The molecule has 1 heterocycles. The summed E-state index contributed by atoms with van der Waals surface area (Å²) in [5.41, 5.74) is 0.0849. The standard InChI is InChI=1S/C17H21NO3/c1-11(2)10-17(15(20)21-16(3,4)5)12-8-6-7-9-13(12)18-14(17)19/h6-9H,1,10H2,2-5H3,(H,18,19)/t17-/m0/s1. The predicted molar refractivity (Wildman–Crippen MR) is 82.0 cm³/mol. The average Bonchev–Trinajstić information content (AvgIpc) is 2.61. The van der Waals surface area contributed by atoms with Crippen LogP contribution in [0.15, 0.2) is 36.4 Å². The van der Waals surface area contributed by atoms with Gasteiger partial charge in [0, 0.05) is 11.3 Å². The Morgan fingerprint density at radius 1 is 1.33 bits per heavy atom. The molecule has 4 heteroatoms. The van der Waals surface area contributed by atoms with Gasteiger partial charge in [-0.25, -0.2) is 0 Å². The van der Waals surface area contributed by atoms with Crippen LogP contribution in [-0.2, 0) is 19.7 Å². The smallest absolute Gasteiger partial charge is 0.327 e. The quantitative estimate of drug-likeness (QED) is 0.528. The first-order valence-electron chi connectivity index (χ1n) is 6.95. The molecule has 1 aliphatic rings. The van der Waals surface area contributed by atoms with Gasteiger partial charge < -0.3 is 10.1 Å². The number of esters is 1. The van der Waals surface area contributed by atoms with Gasteiger partial charge in [0.25, 0.3) is 0 Å². The number of fused-ring (bicyclic) bond motifs is 1. The first kappa shape index (κ1) is 15.3. The SMILES string of the molecule is C=C(C)C[C@@]1(C(=O)OC(C)(C)C)C(=O)Nc2ccccc21. The summed E-state index contributed by atoms with van der Waals surface area (Å²) in [4.78, 5) is 25.3. The Morgan fingerprint density at radius 2 is 1.95 bits per heavy atom. The lowest BCUT2D eigenvalue weighted by atomic mass is 9.76. The summed E-state index contributed by atoms with van der Waals surface area (Å²) in [5, 5.41) is 2.78. The number of nitrogens with one attached hydrogen (secondary N) is 1. The lowest BCUT2D eigenvalue weighted by molar-refractivity contribution is -0.163. The molecule has 1 aromatic carbocycles. The van der Waals surface area contributed by atoms with Crippen LogP contribution < -0.4 is 5.32 Å². The highest BCUT2D eigenvalue weighted by Crippen LogP contribution is 2.43. The maximum absolute atomic E-state index is 12.8. The summed E-state index contributed by atoms with van der Waals surface area (Å²) in [5.74, 6) is -0.874. The fraction of sp³-hybridized carbons (Fsp3) is 0.412. The first-order valence-corrected chi connectivity index (χ1v) is 6.95. The molecule has 1 aromatic rings. The zero-order chi connectivity index (χ0) is 15.8. The van der Waals surface area contributed by atoms with Gasteiger partial charge in [-0.15, -0.1) is 6.58 Å². The second kappa shape index (κ2) is 5.02. The second-order valence-corrected chi connectivity index (χ2v) is 6.54. The van der Waals surface area contributed by atoms with Crippen LogP contribution in [0.25, 0.3) is 0 Å². The predicted octanol–water partition coefficient (Wildman–Crippen LogP) is 3.18. The van der Waals surface area contributed by atoms with Crippen molar-refractivity contribution in [3.05, 3.63) is 42.0 Å². The van der Waals surface area contributed by atoms with E-state index in [4.69, 9.17) is 4.74 Å². The second-order valence-electron chi connectivity index (χ2n) is 6.54. The Balaban J connectivity index is 2.55. The summed E-state index contributed by atoms with van der Waals surface area (Å²) in [6.45, 7) is 11.0. The minimum atomic E-state index is -1.34. The fourth-order valence-electron chi connectivity index (χ4n) is 2.58. The Hall–Kier alpha value is -2.10. The van der Waals surface area contributed by atoms with Gasteiger partial charge in [-0.2, -0.15) is 0 Å². The third-order valence-corrected chi connectivity index (χ3v) is 3.34. The number of amides is 1. The zero-order valence-electron chi connectivity index (χ0n) is 12.9. The van der Waals surface area contributed by atoms with Crippen molar-refractivity contribution in [2.24, 2.45) is 0 Å². The number of allylic oxidation sites excluding steroid dienone is 1. The van der Waals surface area contributed by atoms with E-state index in [1.807, 2.05) is 12.1 Å². The van der Waals surface area contributed by atoms with E-state index < -0.39 is 17.0 Å². The van der Waals surface area contributed by atoms with Crippen LogP contribution in [0.1, 0.15) is 39.7 Å². The normalized spacial score (nSPS) is 20.7. The van der Waals surface area contributed by atoms with E-state index in [1.165, 1.54) is 0 Å². The molecule has 0 spiro atoms. The van der Waals surface area contributed by atoms with Crippen molar-refractivity contribution in [2.75, 3.05) is 5.32 Å². The summed E-state index contributed by atoms with van der Waals surface area (Å²) in [6.07, 6.45) is 0.241. The van der Waals surface area contributed by atoms with E-state index >= 15 is 0 Å². The molecular weight excluding hydrogens is 266 g/mol. The van der Waals surface area contributed by atoms with Crippen LogP contribution in [0.4, 0.5) is 5.69 Å². The van der Waals surface area contributed by atoms with Crippen LogP contribution in [-0.4, -0.2) is 17.5 Å². The fourth-order valence-corrected chi connectivity index (χ4v) is 2.58. The number of benzene rings is 1. The molecule has 0 saturated heterocycles. The van der Waals surface area contributed by atoms with E-state index in [0.717, 1.165) is 5.57 Å². The summed E-state index contributed by atoms with van der Waals surface area (Å²) in [6, 6.07) is 7.22. The summed E-state index contributed by atoms with van der Waals surface area (Å²) < 4.78 is 5.51. The molecule has 4 nitrogen and oxygen atoms in total. The topological polar surface area (TPSA) is 55.4 Å². The van der Waals surface area contributed by atoms with E-state index in [-0.39, 0.29) is 12.3 Å².